The fourth-order valence-electron chi connectivity index (χ4n) is 0.810. The smallest absolute Gasteiger partial charge is 0.294 e. The third kappa shape index (κ3) is 2.47. The molecule has 1 heterocycles. The SMILES string of the molecule is Cc1nnc(SCC(C)C)n(N)c1=O. The highest BCUT2D eigenvalue weighted by atomic mass is 32.2. The van der Waals surface area contributed by atoms with Gasteiger partial charge in [0.15, 0.2) is 0 Å². The quantitative estimate of drug-likeness (QED) is 0.582. The van der Waals surface area contributed by atoms with Crippen molar-refractivity contribution >= 4 is 11.8 Å². The number of aryl methyl sites for hydroxylation is 1. The first-order chi connectivity index (χ1) is 6.52. The predicted molar refractivity (Wildman–Crippen MR) is 56.7 cm³/mol. The van der Waals surface area contributed by atoms with E-state index in [0.29, 0.717) is 16.8 Å². The van der Waals surface area contributed by atoms with Crippen LogP contribution in [0.5, 0.6) is 0 Å². The van der Waals surface area contributed by atoms with E-state index in [2.05, 4.69) is 24.0 Å². The Morgan fingerprint density at radius 3 is 2.71 bits per heavy atom. The molecule has 0 aliphatic heterocycles. The summed E-state index contributed by atoms with van der Waals surface area (Å²) in [6.45, 7) is 5.77. The lowest BCUT2D eigenvalue weighted by molar-refractivity contribution is 0.675. The van der Waals surface area contributed by atoms with E-state index >= 15 is 0 Å². The molecule has 0 saturated heterocycles. The van der Waals surface area contributed by atoms with Gasteiger partial charge in [0.05, 0.1) is 0 Å². The number of hydrogen-bond acceptors (Lipinski definition) is 5. The summed E-state index contributed by atoms with van der Waals surface area (Å²) in [5.41, 5.74) is 0.0349. The van der Waals surface area contributed by atoms with Crippen molar-refractivity contribution in [3.63, 3.8) is 0 Å². The van der Waals surface area contributed by atoms with Gasteiger partial charge in [-0.15, -0.1) is 10.2 Å². The number of aromatic nitrogens is 3. The first-order valence-corrected chi connectivity index (χ1v) is 5.35. The molecule has 6 heteroatoms. The normalized spacial score (nSPS) is 10.9. The van der Waals surface area contributed by atoms with Gasteiger partial charge in [-0.1, -0.05) is 25.6 Å². The van der Waals surface area contributed by atoms with E-state index < -0.39 is 0 Å². The number of nitrogen functional groups attached to an aromatic ring is 1. The Morgan fingerprint density at radius 2 is 2.14 bits per heavy atom. The van der Waals surface area contributed by atoms with Crippen molar-refractivity contribution in [1.29, 1.82) is 0 Å². The minimum absolute atomic E-state index is 0.286. The number of nitrogens with two attached hydrogens (primary N) is 1. The molecule has 0 spiro atoms. The average molecular weight is 214 g/mol. The minimum Gasteiger partial charge on any atom is -0.334 e. The van der Waals surface area contributed by atoms with E-state index in [0.717, 1.165) is 10.4 Å². The third-order valence-corrected chi connectivity index (χ3v) is 2.94. The summed E-state index contributed by atoms with van der Waals surface area (Å²) >= 11 is 1.44. The van der Waals surface area contributed by atoms with E-state index in [1.807, 2.05) is 0 Å². The molecule has 2 N–H and O–H groups in total. The molecule has 1 rings (SSSR count). The summed E-state index contributed by atoms with van der Waals surface area (Å²) in [5.74, 6) is 6.95. The van der Waals surface area contributed by atoms with Crippen LogP contribution in [0.3, 0.4) is 0 Å². The number of hydrogen-bond donors (Lipinski definition) is 1. The van der Waals surface area contributed by atoms with Gasteiger partial charge >= 0.3 is 0 Å². The summed E-state index contributed by atoms with van der Waals surface area (Å²) in [4.78, 5) is 11.4. The lowest BCUT2D eigenvalue weighted by Gasteiger charge is -2.06. The number of nitrogens with zero attached hydrogens (tertiary/aromatic N) is 3. The molecule has 0 bridgehead atoms. The summed E-state index contributed by atoms with van der Waals surface area (Å²) in [6.07, 6.45) is 0. The summed E-state index contributed by atoms with van der Waals surface area (Å²) in [5, 5.41) is 8.06. The molecule has 0 aliphatic carbocycles. The Morgan fingerprint density at radius 1 is 1.50 bits per heavy atom. The van der Waals surface area contributed by atoms with Gasteiger partial charge in [-0.05, 0) is 12.8 Å². The first-order valence-electron chi connectivity index (χ1n) is 4.36. The van der Waals surface area contributed by atoms with Crippen molar-refractivity contribution in [3.05, 3.63) is 16.0 Å². The van der Waals surface area contributed by atoms with Crippen LogP contribution in [0.4, 0.5) is 0 Å². The van der Waals surface area contributed by atoms with Gasteiger partial charge in [-0.3, -0.25) is 4.79 Å². The Bertz CT molecular complexity index is 374. The Labute approximate surface area is 86.7 Å². The van der Waals surface area contributed by atoms with Crippen molar-refractivity contribution in [2.45, 2.75) is 25.9 Å². The molecule has 0 atom stereocenters. The van der Waals surface area contributed by atoms with E-state index in [1.165, 1.54) is 11.8 Å². The second kappa shape index (κ2) is 4.45. The zero-order chi connectivity index (χ0) is 10.7. The molecule has 0 saturated carbocycles. The summed E-state index contributed by atoms with van der Waals surface area (Å²) in [7, 11) is 0. The van der Waals surface area contributed by atoms with Crippen molar-refractivity contribution in [3.8, 4) is 0 Å². The average Bonchev–Trinajstić information content (AvgIpc) is 2.13. The van der Waals surface area contributed by atoms with Crippen molar-refractivity contribution < 1.29 is 0 Å². The molecule has 14 heavy (non-hydrogen) atoms. The molecule has 0 aromatic carbocycles. The van der Waals surface area contributed by atoms with Gasteiger partial charge in [0.25, 0.3) is 5.56 Å². The molecule has 0 fully saturated rings. The van der Waals surface area contributed by atoms with Crippen LogP contribution in [0.1, 0.15) is 19.5 Å². The van der Waals surface area contributed by atoms with Crippen LogP contribution in [-0.4, -0.2) is 20.6 Å². The molecule has 5 nitrogen and oxygen atoms in total. The molecule has 0 aliphatic rings. The number of thioether (sulfide) groups is 1. The minimum atomic E-state index is -0.286. The van der Waals surface area contributed by atoms with Crippen LogP contribution in [-0.2, 0) is 0 Å². The van der Waals surface area contributed by atoms with Gasteiger partial charge in [-0.2, -0.15) is 4.68 Å². The van der Waals surface area contributed by atoms with Crippen LogP contribution in [0.15, 0.2) is 9.95 Å². The zero-order valence-electron chi connectivity index (χ0n) is 8.52. The van der Waals surface area contributed by atoms with Crippen LogP contribution in [0, 0.1) is 12.8 Å². The third-order valence-electron chi connectivity index (χ3n) is 1.57. The van der Waals surface area contributed by atoms with Gasteiger partial charge in [0.1, 0.15) is 5.69 Å². The highest BCUT2D eigenvalue weighted by Gasteiger charge is 2.07. The Hall–Kier alpha value is -1.04. The first kappa shape index (κ1) is 11.0. The predicted octanol–water partition coefficient (Wildman–Crippen LogP) is 0.409. The lowest BCUT2D eigenvalue weighted by Crippen LogP contribution is -2.32. The maximum atomic E-state index is 11.4. The monoisotopic (exact) mass is 214 g/mol. The highest BCUT2D eigenvalue weighted by molar-refractivity contribution is 7.99. The maximum Gasteiger partial charge on any atom is 0.294 e. The highest BCUT2D eigenvalue weighted by Crippen LogP contribution is 2.14. The van der Waals surface area contributed by atoms with Gasteiger partial charge in [0, 0.05) is 5.75 Å². The van der Waals surface area contributed by atoms with Crippen molar-refractivity contribution in [2.75, 3.05) is 11.6 Å². The second-order valence-corrected chi connectivity index (χ2v) is 4.44. The van der Waals surface area contributed by atoms with Gasteiger partial charge < -0.3 is 5.84 Å². The standard InChI is InChI=1S/C8H14N4OS/c1-5(2)4-14-8-11-10-6(3)7(13)12(8)9/h5H,4,9H2,1-3H3. The molecule has 0 unspecified atom stereocenters. The lowest BCUT2D eigenvalue weighted by atomic mass is 10.3. The van der Waals surface area contributed by atoms with Crippen molar-refractivity contribution in [2.24, 2.45) is 5.92 Å². The topological polar surface area (TPSA) is 73.8 Å². The van der Waals surface area contributed by atoms with Gasteiger partial charge in [0.2, 0.25) is 5.16 Å². The van der Waals surface area contributed by atoms with Crippen molar-refractivity contribution in [1.82, 2.24) is 14.9 Å². The molecule has 1 aromatic rings. The van der Waals surface area contributed by atoms with Gasteiger partial charge in [-0.25, -0.2) is 0 Å². The van der Waals surface area contributed by atoms with E-state index in [4.69, 9.17) is 5.84 Å². The van der Waals surface area contributed by atoms with Crippen LogP contribution in [0.25, 0.3) is 0 Å². The van der Waals surface area contributed by atoms with Crippen LogP contribution < -0.4 is 11.4 Å². The molecule has 0 radical (unpaired) electrons. The van der Waals surface area contributed by atoms with E-state index in [9.17, 15) is 4.79 Å². The molecule has 78 valence electrons. The summed E-state index contributed by atoms with van der Waals surface area (Å²) < 4.78 is 1.05. The Balaban J connectivity index is 2.89. The van der Waals surface area contributed by atoms with E-state index in [-0.39, 0.29) is 5.56 Å². The maximum absolute atomic E-state index is 11.4. The largest absolute Gasteiger partial charge is 0.334 e. The van der Waals surface area contributed by atoms with Crippen LogP contribution in [0.2, 0.25) is 0 Å². The van der Waals surface area contributed by atoms with Crippen LogP contribution >= 0.6 is 11.8 Å². The molecule has 1 aromatic heterocycles. The Kier molecular flexibility index (Phi) is 3.51. The van der Waals surface area contributed by atoms with E-state index in [1.54, 1.807) is 6.92 Å². The summed E-state index contributed by atoms with van der Waals surface area (Å²) in [6, 6.07) is 0. The number of rotatable bonds is 3. The molecular weight excluding hydrogens is 200 g/mol. The fraction of sp³-hybridized carbons (Fsp3) is 0.625. The second-order valence-electron chi connectivity index (χ2n) is 3.45. The fourth-order valence-corrected chi connectivity index (χ4v) is 1.61. The molecule has 0 amide bonds. The zero-order valence-corrected chi connectivity index (χ0v) is 9.34. The molecular formula is C8H14N4OS.